The Bertz CT molecular complexity index is 1170. The van der Waals surface area contributed by atoms with E-state index in [1.165, 1.54) is 6.33 Å². The smallest absolute Gasteiger partial charge is 0.237 e. The van der Waals surface area contributed by atoms with E-state index in [4.69, 9.17) is 10.5 Å². The molecule has 4 aromatic rings. The lowest BCUT2D eigenvalue weighted by Crippen LogP contribution is -2.08. The number of para-hydroxylation sites is 1. The quantitative estimate of drug-likeness (QED) is 0.576. The molecule has 0 fully saturated rings. The predicted octanol–water partition coefficient (Wildman–Crippen LogP) is 3.16. The van der Waals surface area contributed by atoms with Crippen molar-refractivity contribution in [1.82, 2.24) is 19.9 Å². The summed E-state index contributed by atoms with van der Waals surface area (Å²) in [5.74, 6) is 0.289. The SMILES string of the molecule is N#Cc1c(N)ncnc1OCCc1cnc2ccccc2c1-c1ccccn1. The number of nitrogens with two attached hydrogens (primary N) is 1. The first-order valence-corrected chi connectivity index (χ1v) is 8.69. The molecule has 0 radical (unpaired) electrons. The lowest BCUT2D eigenvalue weighted by Gasteiger charge is -2.13. The third kappa shape index (κ3) is 3.31. The van der Waals surface area contributed by atoms with Crippen LogP contribution in [0.2, 0.25) is 0 Å². The van der Waals surface area contributed by atoms with Crippen LogP contribution in [0.15, 0.2) is 61.2 Å². The summed E-state index contributed by atoms with van der Waals surface area (Å²) >= 11 is 0. The standard InChI is InChI=1S/C21H16N6O/c22-11-16-20(23)26-13-27-21(16)28-10-8-14-12-25-17-6-2-1-5-15(17)19(14)18-7-3-4-9-24-18/h1-7,9,12-13H,8,10H2,(H2,23,26,27). The van der Waals surface area contributed by atoms with Crippen molar-refractivity contribution in [2.75, 3.05) is 12.3 Å². The second-order valence-corrected chi connectivity index (χ2v) is 6.04. The number of nitrogen functional groups attached to an aromatic ring is 1. The number of rotatable bonds is 5. The Balaban J connectivity index is 1.67. The summed E-state index contributed by atoms with van der Waals surface area (Å²) in [6, 6.07) is 15.8. The number of hydrogen-bond donors (Lipinski definition) is 1. The van der Waals surface area contributed by atoms with Crippen LogP contribution in [0.5, 0.6) is 5.88 Å². The maximum Gasteiger partial charge on any atom is 0.237 e. The monoisotopic (exact) mass is 368 g/mol. The summed E-state index contributed by atoms with van der Waals surface area (Å²) < 4.78 is 5.71. The molecule has 1 aromatic carbocycles. The molecule has 3 heterocycles. The minimum atomic E-state index is 0.106. The van der Waals surface area contributed by atoms with Crippen LogP contribution in [-0.2, 0) is 6.42 Å². The van der Waals surface area contributed by atoms with E-state index in [1.807, 2.05) is 54.7 Å². The lowest BCUT2D eigenvalue weighted by atomic mass is 9.98. The first kappa shape index (κ1) is 17.4. The largest absolute Gasteiger partial charge is 0.476 e. The number of aromatic nitrogens is 4. The molecule has 28 heavy (non-hydrogen) atoms. The predicted molar refractivity (Wildman–Crippen MR) is 105 cm³/mol. The molecule has 0 amide bonds. The normalized spacial score (nSPS) is 10.5. The highest BCUT2D eigenvalue weighted by molar-refractivity contribution is 5.95. The van der Waals surface area contributed by atoms with Crippen LogP contribution in [0.1, 0.15) is 11.1 Å². The van der Waals surface area contributed by atoms with Gasteiger partial charge in [-0.1, -0.05) is 24.3 Å². The molecule has 0 spiro atoms. The van der Waals surface area contributed by atoms with Crippen LogP contribution in [0.3, 0.4) is 0 Å². The Hall–Kier alpha value is -4.05. The van der Waals surface area contributed by atoms with Gasteiger partial charge in [-0.05, 0) is 23.8 Å². The fourth-order valence-corrected chi connectivity index (χ4v) is 3.04. The fourth-order valence-electron chi connectivity index (χ4n) is 3.04. The first-order valence-electron chi connectivity index (χ1n) is 8.69. The van der Waals surface area contributed by atoms with Gasteiger partial charge in [-0.2, -0.15) is 5.26 Å². The molecule has 0 bridgehead atoms. The van der Waals surface area contributed by atoms with Gasteiger partial charge in [-0.3, -0.25) is 9.97 Å². The van der Waals surface area contributed by atoms with E-state index in [0.717, 1.165) is 27.7 Å². The summed E-state index contributed by atoms with van der Waals surface area (Å²) in [7, 11) is 0. The van der Waals surface area contributed by atoms with Gasteiger partial charge in [0.2, 0.25) is 5.88 Å². The third-order valence-corrected chi connectivity index (χ3v) is 4.34. The van der Waals surface area contributed by atoms with Crippen molar-refractivity contribution in [3.63, 3.8) is 0 Å². The first-order chi connectivity index (χ1) is 13.8. The van der Waals surface area contributed by atoms with Crippen LogP contribution < -0.4 is 10.5 Å². The van der Waals surface area contributed by atoms with E-state index in [-0.39, 0.29) is 17.3 Å². The summed E-state index contributed by atoms with van der Waals surface area (Å²) in [5, 5.41) is 10.2. The van der Waals surface area contributed by atoms with Gasteiger partial charge in [0.25, 0.3) is 0 Å². The molecule has 0 saturated carbocycles. The van der Waals surface area contributed by atoms with Gasteiger partial charge >= 0.3 is 0 Å². The van der Waals surface area contributed by atoms with Gasteiger partial charge in [0, 0.05) is 29.8 Å². The highest BCUT2D eigenvalue weighted by atomic mass is 16.5. The Labute approximate surface area is 161 Å². The fraction of sp³-hybridized carbons (Fsp3) is 0.0952. The number of nitrogens with zero attached hydrogens (tertiary/aromatic N) is 5. The molecular weight excluding hydrogens is 352 g/mol. The molecule has 0 aliphatic rings. The molecule has 2 N–H and O–H groups in total. The molecule has 7 nitrogen and oxygen atoms in total. The number of fused-ring (bicyclic) bond motifs is 1. The van der Waals surface area contributed by atoms with Crippen LogP contribution >= 0.6 is 0 Å². The number of hydrogen-bond acceptors (Lipinski definition) is 7. The molecule has 4 rings (SSSR count). The minimum Gasteiger partial charge on any atom is -0.476 e. The van der Waals surface area contributed by atoms with E-state index >= 15 is 0 Å². The molecule has 0 aliphatic heterocycles. The maximum atomic E-state index is 9.22. The average molecular weight is 368 g/mol. The van der Waals surface area contributed by atoms with Crippen LogP contribution in [0, 0.1) is 11.3 Å². The number of ether oxygens (including phenoxy) is 1. The van der Waals surface area contributed by atoms with E-state index in [1.54, 1.807) is 6.20 Å². The van der Waals surface area contributed by atoms with Crippen molar-refractivity contribution in [2.24, 2.45) is 0 Å². The van der Waals surface area contributed by atoms with Gasteiger partial charge < -0.3 is 10.5 Å². The summed E-state index contributed by atoms with van der Waals surface area (Å²) in [6.45, 7) is 0.311. The molecule has 136 valence electrons. The van der Waals surface area contributed by atoms with E-state index in [0.29, 0.717) is 13.0 Å². The zero-order valence-corrected chi connectivity index (χ0v) is 14.9. The van der Waals surface area contributed by atoms with Crippen molar-refractivity contribution in [1.29, 1.82) is 5.26 Å². The zero-order chi connectivity index (χ0) is 19.3. The van der Waals surface area contributed by atoms with E-state index in [2.05, 4.69) is 19.9 Å². The van der Waals surface area contributed by atoms with Crippen molar-refractivity contribution in [3.8, 4) is 23.2 Å². The lowest BCUT2D eigenvalue weighted by molar-refractivity contribution is 0.308. The van der Waals surface area contributed by atoms with Crippen LogP contribution in [0.4, 0.5) is 5.82 Å². The zero-order valence-electron chi connectivity index (χ0n) is 14.9. The topological polar surface area (TPSA) is 111 Å². The molecule has 0 unspecified atom stereocenters. The van der Waals surface area contributed by atoms with Gasteiger partial charge in [-0.15, -0.1) is 0 Å². The molecule has 7 heteroatoms. The van der Waals surface area contributed by atoms with Crippen molar-refractivity contribution >= 4 is 16.7 Å². The van der Waals surface area contributed by atoms with Gasteiger partial charge in [0.05, 0.1) is 17.8 Å². The second-order valence-electron chi connectivity index (χ2n) is 6.04. The number of nitriles is 1. The highest BCUT2D eigenvalue weighted by Gasteiger charge is 2.14. The van der Waals surface area contributed by atoms with Crippen molar-refractivity contribution in [2.45, 2.75) is 6.42 Å². The third-order valence-electron chi connectivity index (χ3n) is 4.34. The maximum absolute atomic E-state index is 9.22. The molecule has 0 atom stereocenters. The second kappa shape index (κ2) is 7.68. The highest BCUT2D eigenvalue weighted by Crippen LogP contribution is 2.30. The van der Waals surface area contributed by atoms with Gasteiger partial charge in [0.1, 0.15) is 18.2 Å². The summed E-state index contributed by atoms with van der Waals surface area (Å²) in [5.41, 5.74) is 9.65. The van der Waals surface area contributed by atoms with Crippen molar-refractivity contribution in [3.05, 3.63) is 72.3 Å². The van der Waals surface area contributed by atoms with Crippen LogP contribution in [0.25, 0.3) is 22.2 Å². The average Bonchev–Trinajstić information content (AvgIpc) is 2.74. The Morgan fingerprint density at radius 1 is 1.00 bits per heavy atom. The van der Waals surface area contributed by atoms with E-state index in [9.17, 15) is 5.26 Å². The van der Waals surface area contributed by atoms with Crippen LogP contribution in [-0.4, -0.2) is 26.5 Å². The van der Waals surface area contributed by atoms with E-state index < -0.39 is 0 Å². The molecule has 0 aliphatic carbocycles. The Morgan fingerprint density at radius 2 is 1.86 bits per heavy atom. The number of benzene rings is 1. The molecular formula is C21H16N6O. The Morgan fingerprint density at radius 3 is 2.68 bits per heavy atom. The summed E-state index contributed by atoms with van der Waals surface area (Å²) in [6.07, 6.45) is 5.46. The number of anilines is 1. The van der Waals surface area contributed by atoms with Crippen molar-refractivity contribution < 1.29 is 4.74 Å². The molecule has 0 saturated heterocycles. The number of pyridine rings is 2. The summed E-state index contributed by atoms with van der Waals surface area (Å²) in [4.78, 5) is 16.9. The minimum absolute atomic E-state index is 0.106. The van der Waals surface area contributed by atoms with Gasteiger partial charge in [-0.25, -0.2) is 9.97 Å². The Kier molecular flexibility index (Phi) is 4.76. The van der Waals surface area contributed by atoms with Gasteiger partial charge in [0.15, 0.2) is 5.56 Å². The molecule has 3 aromatic heterocycles.